The summed E-state index contributed by atoms with van der Waals surface area (Å²) >= 11 is 0. The van der Waals surface area contributed by atoms with Gasteiger partial charge in [-0.1, -0.05) is 0 Å². The zero-order chi connectivity index (χ0) is 27.6. The number of hydrogen-bond acceptors (Lipinski definition) is 7. The molecule has 11 nitrogen and oxygen atoms in total. The van der Waals surface area contributed by atoms with Crippen molar-refractivity contribution in [2.24, 2.45) is 11.8 Å². The SMILES string of the molecule is COc1cc(C)c(S(=O)(=O)N(C)CCOCC(=O)N2C[C@@H]3CN(C(=O)N4CCN(C)CC4)C[C@@H]3C2)c(C)c1. The molecular formula is C26H41N5O6S. The minimum Gasteiger partial charge on any atom is -0.497 e. The number of likely N-dealkylation sites (N-methyl/N-ethyl adjacent to an activating group) is 2. The van der Waals surface area contributed by atoms with Crippen molar-refractivity contribution in [3.05, 3.63) is 23.3 Å². The van der Waals surface area contributed by atoms with Crippen LogP contribution in [0.15, 0.2) is 17.0 Å². The van der Waals surface area contributed by atoms with Crippen LogP contribution in [-0.2, 0) is 19.6 Å². The van der Waals surface area contributed by atoms with E-state index in [2.05, 4.69) is 11.9 Å². The Bertz CT molecular complexity index is 1100. The molecule has 212 valence electrons. The van der Waals surface area contributed by atoms with Gasteiger partial charge in [-0.05, 0) is 44.2 Å². The second kappa shape index (κ2) is 11.8. The van der Waals surface area contributed by atoms with Gasteiger partial charge in [0.15, 0.2) is 0 Å². The van der Waals surface area contributed by atoms with Crippen LogP contribution in [0.3, 0.4) is 0 Å². The molecule has 3 aliphatic rings. The maximum absolute atomic E-state index is 13.1. The summed E-state index contributed by atoms with van der Waals surface area (Å²) in [5.41, 5.74) is 1.24. The van der Waals surface area contributed by atoms with Crippen LogP contribution in [0.1, 0.15) is 11.1 Å². The lowest BCUT2D eigenvalue weighted by Gasteiger charge is -2.35. The number of aryl methyl sites for hydroxylation is 2. The quantitative estimate of drug-likeness (QED) is 0.439. The average Bonchev–Trinajstić information content (AvgIpc) is 3.45. The second-order valence-electron chi connectivity index (χ2n) is 10.8. The van der Waals surface area contributed by atoms with Gasteiger partial charge in [0.25, 0.3) is 0 Å². The van der Waals surface area contributed by atoms with Crippen LogP contribution in [0.2, 0.25) is 0 Å². The maximum atomic E-state index is 13.1. The molecule has 0 aromatic heterocycles. The molecule has 4 rings (SSSR count). The molecular weight excluding hydrogens is 510 g/mol. The Kier molecular flexibility index (Phi) is 8.85. The van der Waals surface area contributed by atoms with E-state index >= 15 is 0 Å². The third kappa shape index (κ3) is 6.08. The first-order chi connectivity index (χ1) is 18.0. The van der Waals surface area contributed by atoms with E-state index in [4.69, 9.17) is 9.47 Å². The lowest BCUT2D eigenvalue weighted by molar-refractivity contribution is -0.135. The van der Waals surface area contributed by atoms with Crippen LogP contribution in [0.5, 0.6) is 5.75 Å². The Hall–Kier alpha value is -2.41. The Balaban J connectivity index is 1.20. The van der Waals surface area contributed by atoms with Gasteiger partial charge in [0.2, 0.25) is 15.9 Å². The molecule has 1 aromatic rings. The van der Waals surface area contributed by atoms with Crippen molar-refractivity contribution in [2.75, 3.05) is 93.3 Å². The average molecular weight is 552 g/mol. The Morgan fingerprint density at radius 1 is 0.947 bits per heavy atom. The number of fused-ring (bicyclic) bond motifs is 1. The van der Waals surface area contributed by atoms with Gasteiger partial charge in [-0.15, -0.1) is 0 Å². The summed E-state index contributed by atoms with van der Waals surface area (Å²) in [4.78, 5) is 33.8. The predicted molar refractivity (Wildman–Crippen MR) is 143 cm³/mol. The normalized spacial score (nSPS) is 22.3. The molecule has 3 fully saturated rings. The molecule has 3 aliphatic heterocycles. The fraction of sp³-hybridized carbons (Fsp3) is 0.692. The number of amides is 3. The molecule has 3 heterocycles. The van der Waals surface area contributed by atoms with Crippen molar-refractivity contribution in [1.82, 2.24) is 23.9 Å². The molecule has 3 saturated heterocycles. The number of nitrogens with zero attached hydrogens (tertiary/aromatic N) is 5. The number of methoxy groups -OCH3 is 1. The van der Waals surface area contributed by atoms with Gasteiger partial charge >= 0.3 is 6.03 Å². The summed E-state index contributed by atoms with van der Waals surface area (Å²) in [5, 5.41) is 0. The molecule has 0 saturated carbocycles. The van der Waals surface area contributed by atoms with Crippen LogP contribution >= 0.6 is 0 Å². The number of carbonyl (C=O) groups is 2. The summed E-state index contributed by atoms with van der Waals surface area (Å²) in [6.45, 7) is 9.62. The monoisotopic (exact) mass is 551 g/mol. The van der Waals surface area contributed by atoms with E-state index in [-0.39, 0.29) is 36.6 Å². The molecule has 12 heteroatoms. The largest absolute Gasteiger partial charge is 0.497 e. The van der Waals surface area contributed by atoms with Crippen molar-refractivity contribution in [3.63, 3.8) is 0 Å². The van der Waals surface area contributed by atoms with E-state index in [1.165, 1.54) is 11.4 Å². The lowest BCUT2D eigenvalue weighted by atomic mass is 10.0. The number of urea groups is 1. The number of benzene rings is 1. The van der Waals surface area contributed by atoms with E-state index < -0.39 is 10.0 Å². The van der Waals surface area contributed by atoms with Crippen molar-refractivity contribution in [2.45, 2.75) is 18.7 Å². The standard InChI is InChI=1S/C26H41N5O6S/c1-19-12-23(36-5)13-20(2)25(19)38(34,35)28(4)10-11-37-18-24(32)30-14-21-16-31(17-22(21)15-30)26(33)29-8-6-27(3)7-9-29/h12-13,21-22H,6-11,14-18H2,1-5H3/t21-,22+. The minimum atomic E-state index is -3.71. The van der Waals surface area contributed by atoms with E-state index in [1.807, 2.05) is 14.7 Å². The summed E-state index contributed by atoms with van der Waals surface area (Å²) in [6.07, 6.45) is 0. The van der Waals surface area contributed by atoms with E-state index in [0.29, 0.717) is 54.9 Å². The van der Waals surface area contributed by atoms with Gasteiger partial charge in [-0.2, -0.15) is 4.31 Å². The van der Waals surface area contributed by atoms with Gasteiger partial charge in [-0.25, -0.2) is 13.2 Å². The molecule has 0 N–H and O–H groups in total. The number of piperazine rings is 1. The molecule has 0 aliphatic carbocycles. The van der Waals surface area contributed by atoms with E-state index in [1.54, 1.807) is 33.1 Å². The van der Waals surface area contributed by atoms with Crippen LogP contribution in [0.25, 0.3) is 0 Å². The first-order valence-electron chi connectivity index (χ1n) is 13.2. The molecule has 1 aromatic carbocycles. The van der Waals surface area contributed by atoms with E-state index in [9.17, 15) is 18.0 Å². The number of sulfonamides is 1. The van der Waals surface area contributed by atoms with Crippen molar-refractivity contribution in [1.29, 1.82) is 0 Å². The van der Waals surface area contributed by atoms with Crippen LogP contribution in [-0.4, -0.2) is 138 Å². The highest BCUT2D eigenvalue weighted by molar-refractivity contribution is 7.89. The van der Waals surface area contributed by atoms with Gasteiger partial charge in [0.1, 0.15) is 12.4 Å². The van der Waals surface area contributed by atoms with Gasteiger partial charge < -0.3 is 29.1 Å². The summed E-state index contributed by atoms with van der Waals surface area (Å²) in [5.74, 6) is 1.11. The highest BCUT2D eigenvalue weighted by Crippen LogP contribution is 2.32. The van der Waals surface area contributed by atoms with Crippen molar-refractivity contribution in [3.8, 4) is 5.75 Å². The topological polar surface area (TPSA) is 103 Å². The zero-order valence-corrected chi connectivity index (χ0v) is 24.0. The van der Waals surface area contributed by atoms with Crippen LogP contribution in [0.4, 0.5) is 4.79 Å². The molecule has 0 radical (unpaired) electrons. The second-order valence-corrected chi connectivity index (χ2v) is 12.7. The fourth-order valence-electron chi connectivity index (χ4n) is 5.71. The first kappa shape index (κ1) is 28.6. The molecule has 38 heavy (non-hydrogen) atoms. The summed E-state index contributed by atoms with van der Waals surface area (Å²) in [6, 6.07) is 3.53. The number of ether oxygens (including phenoxy) is 2. The zero-order valence-electron chi connectivity index (χ0n) is 23.2. The first-order valence-corrected chi connectivity index (χ1v) is 14.6. The third-order valence-electron chi connectivity index (χ3n) is 8.00. The molecule has 2 atom stereocenters. The molecule has 3 amide bonds. The number of carbonyl (C=O) groups excluding carboxylic acids is 2. The fourth-order valence-corrected chi connectivity index (χ4v) is 7.26. The van der Waals surface area contributed by atoms with Gasteiger partial charge in [0.05, 0.1) is 18.6 Å². The van der Waals surface area contributed by atoms with Crippen LogP contribution in [0, 0.1) is 25.7 Å². The summed E-state index contributed by atoms with van der Waals surface area (Å²) in [7, 11) is 1.42. The highest BCUT2D eigenvalue weighted by atomic mass is 32.2. The third-order valence-corrected chi connectivity index (χ3v) is 10.2. The lowest BCUT2D eigenvalue weighted by Crippen LogP contribution is -2.51. The Morgan fingerprint density at radius 3 is 2.05 bits per heavy atom. The number of hydrogen-bond donors (Lipinski definition) is 0. The maximum Gasteiger partial charge on any atom is 0.320 e. The summed E-state index contributed by atoms with van der Waals surface area (Å²) < 4.78 is 38.3. The number of likely N-dealkylation sites (tertiary alicyclic amines) is 2. The van der Waals surface area contributed by atoms with E-state index in [0.717, 1.165) is 26.2 Å². The van der Waals surface area contributed by atoms with Gasteiger partial charge in [-0.3, -0.25) is 4.79 Å². The molecule has 0 unspecified atom stereocenters. The molecule has 0 bridgehead atoms. The van der Waals surface area contributed by atoms with Gasteiger partial charge in [0, 0.05) is 77.8 Å². The van der Waals surface area contributed by atoms with Crippen molar-refractivity contribution < 1.29 is 27.5 Å². The van der Waals surface area contributed by atoms with Crippen LogP contribution < -0.4 is 4.74 Å². The Morgan fingerprint density at radius 2 is 1.50 bits per heavy atom. The smallest absolute Gasteiger partial charge is 0.320 e. The highest BCUT2D eigenvalue weighted by Gasteiger charge is 2.44. The minimum absolute atomic E-state index is 0.0855. The molecule has 0 spiro atoms. The Labute approximate surface area is 226 Å². The number of rotatable bonds is 8. The van der Waals surface area contributed by atoms with Crippen molar-refractivity contribution >= 4 is 22.0 Å². The predicted octanol–water partition coefficient (Wildman–Crippen LogP) is 0.707.